The van der Waals surface area contributed by atoms with Crippen molar-refractivity contribution >= 4 is 17.7 Å². The van der Waals surface area contributed by atoms with Crippen LogP contribution < -0.4 is 24.0 Å². The Morgan fingerprint density at radius 3 is 2.38 bits per heavy atom. The fourth-order valence-corrected chi connectivity index (χ4v) is 0.556. The fourth-order valence-electron chi connectivity index (χ4n) is 0.185. The van der Waals surface area contributed by atoms with Crippen LogP contribution in [0.15, 0.2) is 0 Å². The molecule has 0 radical (unpaired) electrons. The zero-order valence-electron chi connectivity index (χ0n) is 5.14. The Bertz CT molecular complexity index is 67.1. The van der Waals surface area contributed by atoms with E-state index in [1.165, 1.54) is 11.8 Å². The van der Waals surface area contributed by atoms with Gasteiger partial charge in [-0.25, -0.2) is 0 Å². The fraction of sp³-hybridized carbons (Fsp3) is 0.750. The quantitative estimate of drug-likeness (QED) is 0.368. The topological polar surface area (TPSA) is 40.1 Å². The van der Waals surface area contributed by atoms with Crippen LogP contribution in [0.2, 0.25) is 0 Å². The van der Waals surface area contributed by atoms with Crippen molar-refractivity contribution in [3.8, 4) is 0 Å². The molecule has 2 nitrogen and oxygen atoms in total. The van der Waals surface area contributed by atoms with Crippen LogP contribution in [0, 0.1) is 0 Å². The van der Waals surface area contributed by atoms with Crippen molar-refractivity contribution in [1.29, 1.82) is 0 Å². The summed E-state index contributed by atoms with van der Waals surface area (Å²) in [6.45, 7) is 0. The molecule has 0 heterocycles. The average Bonchev–Trinajstić information content (AvgIpc) is 1.61. The van der Waals surface area contributed by atoms with Gasteiger partial charge >= 0.3 is 18.9 Å². The van der Waals surface area contributed by atoms with Crippen molar-refractivity contribution in [1.82, 2.24) is 0 Å². The first kappa shape index (κ1) is 11.2. The minimum atomic E-state index is -0.964. The van der Waals surface area contributed by atoms with E-state index in [9.17, 15) is 9.90 Å². The largest absolute Gasteiger partial charge is 1.00 e. The Balaban J connectivity index is 0. The van der Waals surface area contributed by atoms with Gasteiger partial charge < -0.3 is 9.90 Å². The molecule has 0 aliphatic carbocycles. The summed E-state index contributed by atoms with van der Waals surface area (Å²) in [4.78, 5) is 9.63. The van der Waals surface area contributed by atoms with Crippen LogP contribution >= 0.6 is 11.8 Å². The van der Waals surface area contributed by atoms with Crippen molar-refractivity contribution in [2.45, 2.75) is 6.42 Å². The van der Waals surface area contributed by atoms with Gasteiger partial charge in [0.25, 0.3) is 0 Å². The van der Waals surface area contributed by atoms with Gasteiger partial charge in [-0.2, -0.15) is 11.8 Å². The van der Waals surface area contributed by atoms with Gasteiger partial charge in [-0.05, 0) is 18.4 Å². The Hall–Kier alpha value is 0.417. The Kier molecular flexibility index (Phi) is 10.4. The SMILES string of the molecule is CSCCC(=O)[O-].[Li+]. The molecule has 0 saturated heterocycles. The third-order valence-electron chi connectivity index (χ3n) is 0.510. The molecule has 0 aliphatic heterocycles. The van der Waals surface area contributed by atoms with Crippen LogP contribution in [0.3, 0.4) is 0 Å². The van der Waals surface area contributed by atoms with E-state index in [0.717, 1.165) is 0 Å². The van der Waals surface area contributed by atoms with E-state index in [1.54, 1.807) is 0 Å². The molecule has 0 unspecified atom stereocenters. The number of hydrogen-bond acceptors (Lipinski definition) is 3. The summed E-state index contributed by atoms with van der Waals surface area (Å²) in [5, 5.41) is 9.63. The second-order valence-electron chi connectivity index (χ2n) is 1.11. The van der Waals surface area contributed by atoms with Gasteiger partial charge in [-0.15, -0.1) is 0 Å². The first-order valence-corrected chi connectivity index (χ1v) is 3.35. The van der Waals surface area contributed by atoms with Gasteiger partial charge in [-0.1, -0.05) is 0 Å². The molecule has 0 aromatic heterocycles. The molecule has 0 amide bonds. The minimum Gasteiger partial charge on any atom is -0.550 e. The second-order valence-corrected chi connectivity index (χ2v) is 2.10. The Labute approximate surface area is 65.2 Å². The summed E-state index contributed by atoms with van der Waals surface area (Å²) in [6, 6.07) is 0. The third kappa shape index (κ3) is 9.65. The smallest absolute Gasteiger partial charge is 0.550 e. The van der Waals surface area contributed by atoms with Crippen LogP contribution in [0.1, 0.15) is 6.42 Å². The number of thioether (sulfide) groups is 1. The van der Waals surface area contributed by atoms with E-state index >= 15 is 0 Å². The van der Waals surface area contributed by atoms with E-state index in [0.29, 0.717) is 5.75 Å². The molecule has 0 fully saturated rings. The van der Waals surface area contributed by atoms with Crippen LogP contribution in [-0.2, 0) is 4.79 Å². The van der Waals surface area contributed by atoms with Gasteiger partial charge in [0.15, 0.2) is 0 Å². The van der Waals surface area contributed by atoms with Crippen LogP contribution in [0.25, 0.3) is 0 Å². The number of hydrogen-bond donors (Lipinski definition) is 0. The summed E-state index contributed by atoms with van der Waals surface area (Å²) in [5.41, 5.74) is 0. The molecule has 0 N–H and O–H groups in total. The molecule has 42 valence electrons. The molecule has 8 heavy (non-hydrogen) atoms. The van der Waals surface area contributed by atoms with E-state index in [4.69, 9.17) is 0 Å². The maximum Gasteiger partial charge on any atom is 1.00 e. The summed E-state index contributed by atoms with van der Waals surface area (Å²) in [5.74, 6) is -0.308. The second kappa shape index (κ2) is 7.42. The number of carbonyl (C=O) groups excluding carboxylic acids is 1. The molecule has 0 aliphatic rings. The summed E-state index contributed by atoms with van der Waals surface area (Å²) >= 11 is 1.51. The number of carboxylic acid groups (broad SMARTS) is 1. The first-order chi connectivity index (χ1) is 3.27. The van der Waals surface area contributed by atoms with Gasteiger partial charge in [0.05, 0.1) is 0 Å². The number of rotatable bonds is 3. The Morgan fingerprint density at radius 2 is 2.25 bits per heavy atom. The molecule has 0 aromatic rings. The van der Waals surface area contributed by atoms with Crippen molar-refractivity contribution in [3.63, 3.8) is 0 Å². The number of carbonyl (C=O) groups is 1. The van der Waals surface area contributed by atoms with Gasteiger partial charge in [0.1, 0.15) is 0 Å². The summed E-state index contributed by atoms with van der Waals surface area (Å²) < 4.78 is 0. The number of carboxylic acids is 1. The predicted molar refractivity (Wildman–Crippen MR) is 28.0 cm³/mol. The van der Waals surface area contributed by atoms with Crippen molar-refractivity contribution < 1.29 is 28.8 Å². The molecular formula is C4H7LiO2S. The van der Waals surface area contributed by atoms with Gasteiger partial charge in [0, 0.05) is 5.97 Å². The monoisotopic (exact) mass is 126 g/mol. The van der Waals surface area contributed by atoms with Gasteiger partial charge in [0.2, 0.25) is 0 Å². The molecule has 4 heteroatoms. The molecule has 0 spiro atoms. The van der Waals surface area contributed by atoms with Gasteiger partial charge in [-0.3, -0.25) is 0 Å². The van der Waals surface area contributed by atoms with E-state index in [-0.39, 0.29) is 25.3 Å². The maximum atomic E-state index is 9.63. The standard InChI is InChI=1S/C4H8O2S.Li/c1-7-3-2-4(5)6;/h2-3H2,1H3,(H,5,6);/q;+1/p-1. The van der Waals surface area contributed by atoms with Crippen LogP contribution in [0.5, 0.6) is 0 Å². The normalized spacial score (nSPS) is 7.62. The van der Waals surface area contributed by atoms with Crippen LogP contribution in [0.4, 0.5) is 0 Å². The van der Waals surface area contributed by atoms with Crippen molar-refractivity contribution in [2.75, 3.05) is 12.0 Å². The molecular weight excluding hydrogens is 119 g/mol. The molecule has 0 aromatic carbocycles. The Morgan fingerprint density at radius 1 is 1.75 bits per heavy atom. The van der Waals surface area contributed by atoms with Crippen molar-refractivity contribution in [2.24, 2.45) is 0 Å². The van der Waals surface area contributed by atoms with Crippen LogP contribution in [-0.4, -0.2) is 18.0 Å². The predicted octanol–water partition coefficient (Wildman–Crippen LogP) is -3.51. The molecule has 0 atom stereocenters. The van der Waals surface area contributed by atoms with E-state index in [2.05, 4.69) is 0 Å². The minimum absolute atomic E-state index is 0. The zero-order chi connectivity index (χ0) is 5.70. The van der Waals surface area contributed by atoms with E-state index in [1.807, 2.05) is 6.26 Å². The molecule has 0 bridgehead atoms. The average molecular weight is 126 g/mol. The molecule has 0 saturated carbocycles. The maximum absolute atomic E-state index is 9.63. The molecule has 0 rings (SSSR count). The third-order valence-corrected chi connectivity index (χ3v) is 1.12. The first-order valence-electron chi connectivity index (χ1n) is 1.96. The van der Waals surface area contributed by atoms with Crippen molar-refractivity contribution in [3.05, 3.63) is 0 Å². The zero-order valence-corrected chi connectivity index (χ0v) is 5.96. The van der Waals surface area contributed by atoms with E-state index < -0.39 is 5.97 Å². The number of aliphatic carboxylic acids is 1. The summed E-state index contributed by atoms with van der Waals surface area (Å²) in [6.07, 6.45) is 2.03. The summed E-state index contributed by atoms with van der Waals surface area (Å²) in [7, 11) is 0.